The third-order valence-corrected chi connectivity index (χ3v) is 5.86. The summed E-state index contributed by atoms with van der Waals surface area (Å²) in [7, 11) is -2.74. The number of ether oxygens (including phenoxy) is 2. The number of hydrogen-bond acceptors (Lipinski definition) is 6. The minimum atomic E-state index is -2.74. The van der Waals surface area contributed by atoms with Crippen LogP contribution in [0.4, 0.5) is 0 Å². The van der Waals surface area contributed by atoms with Crippen molar-refractivity contribution in [2.24, 2.45) is 5.50 Å². The van der Waals surface area contributed by atoms with Crippen LogP contribution in [0.25, 0.3) is 0 Å². The van der Waals surface area contributed by atoms with Gasteiger partial charge >= 0.3 is 5.97 Å². The Hall–Kier alpha value is -1.87. The SMILES string of the molecule is CCOC(=O)CNC(=O)c1cc(Oc2c(Br)cc(CP(C)(N)=O)cc2Br)ccc1O. The highest BCUT2D eigenvalue weighted by atomic mass is 79.9. The van der Waals surface area contributed by atoms with Gasteiger partial charge < -0.3 is 24.5 Å². The summed E-state index contributed by atoms with van der Waals surface area (Å²) < 4.78 is 23.7. The number of esters is 1. The molecule has 0 aliphatic rings. The maximum absolute atomic E-state index is 12.3. The van der Waals surface area contributed by atoms with Gasteiger partial charge in [-0.1, -0.05) is 0 Å². The predicted octanol–water partition coefficient (Wildman–Crippen LogP) is 4.37. The molecule has 1 atom stereocenters. The van der Waals surface area contributed by atoms with Gasteiger partial charge in [0, 0.05) is 12.8 Å². The summed E-state index contributed by atoms with van der Waals surface area (Å²) in [4.78, 5) is 23.7. The summed E-state index contributed by atoms with van der Waals surface area (Å²) in [6.45, 7) is 3.04. The molecule has 11 heteroatoms. The Morgan fingerprint density at radius 3 is 2.40 bits per heavy atom. The molecule has 0 saturated heterocycles. The second kappa shape index (κ2) is 10.4. The Kier molecular flexibility index (Phi) is 8.49. The fourth-order valence-electron chi connectivity index (χ4n) is 2.50. The van der Waals surface area contributed by atoms with Gasteiger partial charge in [0.05, 0.1) is 21.1 Å². The molecule has 162 valence electrons. The molecule has 8 nitrogen and oxygen atoms in total. The van der Waals surface area contributed by atoms with Gasteiger partial charge in [-0.2, -0.15) is 0 Å². The monoisotopic (exact) mass is 562 g/mol. The number of aromatic hydroxyl groups is 1. The van der Waals surface area contributed by atoms with Crippen LogP contribution in [0.3, 0.4) is 0 Å². The van der Waals surface area contributed by atoms with E-state index in [-0.39, 0.29) is 36.4 Å². The molecule has 0 saturated carbocycles. The lowest BCUT2D eigenvalue weighted by atomic mass is 10.1. The Morgan fingerprint density at radius 1 is 1.20 bits per heavy atom. The Morgan fingerprint density at radius 2 is 1.83 bits per heavy atom. The lowest BCUT2D eigenvalue weighted by Gasteiger charge is -2.14. The molecule has 1 unspecified atom stereocenters. The quantitative estimate of drug-likeness (QED) is 0.321. The van der Waals surface area contributed by atoms with E-state index in [0.29, 0.717) is 14.7 Å². The van der Waals surface area contributed by atoms with Gasteiger partial charge in [-0.25, -0.2) is 0 Å². The van der Waals surface area contributed by atoms with E-state index in [0.717, 1.165) is 5.56 Å². The molecule has 0 radical (unpaired) electrons. The van der Waals surface area contributed by atoms with E-state index < -0.39 is 19.2 Å². The zero-order chi connectivity index (χ0) is 22.5. The van der Waals surface area contributed by atoms with Crippen LogP contribution in [0, 0.1) is 0 Å². The number of phenols is 1. The average Bonchev–Trinajstić information content (AvgIpc) is 2.63. The number of hydrogen-bond donors (Lipinski definition) is 3. The minimum Gasteiger partial charge on any atom is -0.507 e. The third-order valence-electron chi connectivity index (χ3n) is 3.69. The van der Waals surface area contributed by atoms with E-state index in [1.807, 2.05) is 0 Å². The van der Waals surface area contributed by atoms with E-state index in [9.17, 15) is 19.3 Å². The molecule has 4 N–H and O–H groups in total. The summed E-state index contributed by atoms with van der Waals surface area (Å²) in [5, 5.41) is 12.4. The highest BCUT2D eigenvalue weighted by Crippen LogP contribution is 2.42. The smallest absolute Gasteiger partial charge is 0.325 e. The molecule has 30 heavy (non-hydrogen) atoms. The van der Waals surface area contributed by atoms with Crippen LogP contribution in [0.1, 0.15) is 22.8 Å². The molecule has 2 rings (SSSR count). The summed E-state index contributed by atoms with van der Waals surface area (Å²) in [6, 6.07) is 7.65. The van der Waals surface area contributed by atoms with Crippen LogP contribution < -0.4 is 15.6 Å². The number of halogens is 2. The molecule has 0 fully saturated rings. The van der Waals surface area contributed by atoms with E-state index >= 15 is 0 Å². The van der Waals surface area contributed by atoms with Crippen molar-refractivity contribution < 1.29 is 28.7 Å². The summed E-state index contributed by atoms with van der Waals surface area (Å²) >= 11 is 6.83. The van der Waals surface area contributed by atoms with Gasteiger partial charge in [0.2, 0.25) is 0 Å². The van der Waals surface area contributed by atoms with Crippen LogP contribution in [0.5, 0.6) is 17.2 Å². The molecule has 0 aromatic heterocycles. The van der Waals surface area contributed by atoms with Gasteiger partial charge in [-0.3, -0.25) is 15.1 Å². The molecule has 0 spiro atoms. The number of nitrogens with one attached hydrogen (secondary N) is 1. The average molecular weight is 564 g/mol. The highest BCUT2D eigenvalue weighted by molar-refractivity contribution is 9.11. The highest BCUT2D eigenvalue weighted by Gasteiger charge is 2.17. The second-order valence-electron chi connectivity index (χ2n) is 6.49. The molecular weight excluding hydrogens is 543 g/mol. The van der Waals surface area contributed by atoms with Gasteiger partial charge in [-0.15, -0.1) is 0 Å². The Labute approximate surface area is 190 Å². The first-order valence-corrected chi connectivity index (χ1v) is 12.8. The van der Waals surface area contributed by atoms with Crippen molar-refractivity contribution >= 4 is 51.0 Å². The van der Waals surface area contributed by atoms with Gasteiger partial charge in [0.15, 0.2) is 5.75 Å². The normalized spacial score (nSPS) is 12.7. The third kappa shape index (κ3) is 7.12. The van der Waals surface area contributed by atoms with Crippen molar-refractivity contribution in [1.29, 1.82) is 0 Å². The van der Waals surface area contributed by atoms with Crippen LogP contribution in [0.2, 0.25) is 0 Å². The number of nitrogens with two attached hydrogens (primary N) is 1. The summed E-state index contributed by atoms with van der Waals surface area (Å²) in [5.41, 5.74) is 6.36. The van der Waals surface area contributed by atoms with Crippen LogP contribution in [0.15, 0.2) is 39.3 Å². The number of carbonyl (C=O) groups is 2. The van der Waals surface area contributed by atoms with Crippen LogP contribution in [-0.4, -0.2) is 36.8 Å². The number of amides is 1. The first-order valence-electron chi connectivity index (χ1n) is 8.78. The number of carbonyl (C=O) groups excluding carboxylic acids is 2. The molecule has 0 bridgehead atoms. The van der Waals surface area contributed by atoms with Gasteiger partial charge in [0.1, 0.15) is 25.3 Å². The Bertz CT molecular complexity index is 986. The van der Waals surface area contributed by atoms with E-state index in [2.05, 4.69) is 37.2 Å². The topological polar surface area (TPSA) is 128 Å². The zero-order valence-electron chi connectivity index (χ0n) is 16.3. The van der Waals surface area contributed by atoms with Crippen LogP contribution in [-0.2, 0) is 20.3 Å². The second-order valence-corrected chi connectivity index (χ2v) is 10.9. The molecule has 2 aromatic carbocycles. The fraction of sp³-hybridized carbons (Fsp3) is 0.263. The van der Waals surface area contributed by atoms with E-state index in [1.54, 1.807) is 19.1 Å². The maximum Gasteiger partial charge on any atom is 0.325 e. The first-order chi connectivity index (χ1) is 14.0. The summed E-state index contributed by atoms with van der Waals surface area (Å²) in [6.07, 6.45) is 0.231. The Balaban J connectivity index is 2.22. The van der Waals surface area contributed by atoms with Crippen molar-refractivity contribution in [2.75, 3.05) is 19.8 Å². The van der Waals surface area contributed by atoms with Crippen molar-refractivity contribution in [1.82, 2.24) is 5.32 Å². The molecular formula is C19H21Br2N2O6P. The van der Waals surface area contributed by atoms with Gasteiger partial charge in [-0.05, 0) is 74.7 Å². The molecule has 0 heterocycles. The number of phenolic OH excluding ortho intramolecular Hbond substituents is 1. The zero-order valence-corrected chi connectivity index (χ0v) is 20.3. The lowest BCUT2D eigenvalue weighted by Crippen LogP contribution is -2.30. The summed E-state index contributed by atoms with van der Waals surface area (Å²) in [5.74, 6) is -0.798. The molecule has 1 amide bonds. The largest absolute Gasteiger partial charge is 0.507 e. The first kappa shape index (κ1) is 24.4. The molecule has 2 aromatic rings. The minimum absolute atomic E-state index is 0.0595. The van der Waals surface area contributed by atoms with Crippen molar-refractivity contribution in [3.63, 3.8) is 0 Å². The molecule has 0 aliphatic carbocycles. The fourth-order valence-corrected chi connectivity index (χ4v) is 4.85. The van der Waals surface area contributed by atoms with Gasteiger partial charge in [0.25, 0.3) is 5.91 Å². The molecule has 0 aliphatic heterocycles. The number of benzene rings is 2. The van der Waals surface area contributed by atoms with Crippen molar-refractivity contribution in [3.8, 4) is 17.2 Å². The number of rotatable bonds is 8. The van der Waals surface area contributed by atoms with Crippen molar-refractivity contribution in [3.05, 3.63) is 50.4 Å². The van der Waals surface area contributed by atoms with Crippen molar-refractivity contribution in [2.45, 2.75) is 13.1 Å². The maximum atomic E-state index is 12.3. The lowest BCUT2D eigenvalue weighted by molar-refractivity contribution is -0.141. The standard InChI is InChI=1S/C19H21Br2N2O6P/c1-3-28-17(25)9-23-19(26)13-8-12(4-5-16(13)24)29-18-14(20)6-11(7-15(18)21)10-30(2,22)27/h4-8,24H,3,9-10H2,1-2H3,(H2,22,27)(H,23,26). The predicted molar refractivity (Wildman–Crippen MR) is 120 cm³/mol. The van der Waals surface area contributed by atoms with E-state index in [4.69, 9.17) is 15.0 Å². The van der Waals surface area contributed by atoms with Crippen LogP contribution >= 0.6 is 39.2 Å². The van der Waals surface area contributed by atoms with E-state index in [1.165, 1.54) is 24.9 Å².